The molecule has 1 aliphatic rings. The van der Waals surface area contributed by atoms with Crippen LogP contribution in [0.4, 0.5) is 5.69 Å². The number of aryl methyl sites for hydroxylation is 1. The van der Waals surface area contributed by atoms with Crippen LogP contribution in [0.5, 0.6) is 5.75 Å². The van der Waals surface area contributed by atoms with Crippen LogP contribution in [0.1, 0.15) is 57.0 Å². The highest BCUT2D eigenvalue weighted by atomic mass is 16.5. The Kier molecular flexibility index (Phi) is 7.10. The van der Waals surface area contributed by atoms with Crippen LogP contribution in [0.25, 0.3) is 11.0 Å². The molecule has 1 N–H and O–H groups in total. The number of carbonyl (C=O) groups excluding carboxylic acids is 1. The van der Waals surface area contributed by atoms with Crippen molar-refractivity contribution in [3.05, 3.63) is 53.9 Å². The van der Waals surface area contributed by atoms with E-state index in [0.29, 0.717) is 11.8 Å². The van der Waals surface area contributed by atoms with E-state index in [1.54, 1.807) is 0 Å². The Labute approximate surface area is 190 Å². The number of rotatable bonds is 7. The minimum atomic E-state index is -0.182. The third-order valence-corrected chi connectivity index (χ3v) is 5.99. The maximum atomic E-state index is 12.4. The predicted molar refractivity (Wildman–Crippen MR) is 129 cm³/mol. The molecule has 2 heterocycles. The van der Waals surface area contributed by atoms with E-state index in [0.717, 1.165) is 47.7 Å². The van der Waals surface area contributed by atoms with Gasteiger partial charge >= 0.3 is 0 Å². The van der Waals surface area contributed by atoms with E-state index in [9.17, 15) is 4.79 Å². The van der Waals surface area contributed by atoms with Gasteiger partial charge in [-0.25, -0.2) is 4.98 Å². The summed E-state index contributed by atoms with van der Waals surface area (Å²) in [4.78, 5) is 19.9. The lowest BCUT2D eigenvalue weighted by atomic mass is 10.2. The number of fused-ring (bicyclic) bond motifs is 1. The Morgan fingerprint density at radius 2 is 1.88 bits per heavy atom. The largest absolute Gasteiger partial charge is 0.484 e. The van der Waals surface area contributed by atoms with Crippen molar-refractivity contribution in [2.75, 3.05) is 25.0 Å². The van der Waals surface area contributed by atoms with E-state index in [1.807, 2.05) is 43.3 Å². The summed E-state index contributed by atoms with van der Waals surface area (Å²) < 4.78 is 7.95. The van der Waals surface area contributed by atoms with Crippen molar-refractivity contribution in [2.45, 2.75) is 59.0 Å². The standard InChI is InChI=1S/C26H34N4O2/c1-19(2)30-24-12-11-21(27-26(31)18-32-22-10-8-9-20(3)15-22)16-23(24)28-25(30)17-29-13-6-4-5-7-14-29/h8-12,15-16,19H,4-7,13-14,17-18H2,1-3H3,(H,27,31). The molecule has 0 unspecified atom stereocenters. The van der Waals surface area contributed by atoms with Crippen molar-refractivity contribution >= 4 is 22.6 Å². The van der Waals surface area contributed by atoms with Gasteiger partial charge in [0.1, 0.15) is 11.6 Å². The molecule has 3 aromatic rings. The molecule has 1 amide bonds. The molecule has 0 bridgehead atoms. The number of benzene rings is 2. The van der Waals surface area contributed by atoms with Crippen LogP contribution < -0.4 is 10.1 Å². The van der Waals surface area contributed by atoms with Crippen LogP contribution in [0.15, 0.2) is 42.5 Å². The van der Waals surface area contributed by atoms with E-state index in [-0.39, 0.29) is 12.5 Å². The van der Waals surface area contributed by atoms with E-state index < -0.39 is 0 Å². The number of hydrogen-bond donors (Lipinski definition) is 1. The predicted octanol–water partition coefficient (Wildman–Crippen LogP) is 5.32. The SMILES string of the molecule is Cc1cccc(OCC(=O)Nc2ccc3c(c2)nc(CN2CCCCCC2)n3C(C)C)c1. The number of nitrogens with zero attached hydrogens (tertiary/aromatic N) is 3. The van der Waals surface area contributed by atoms with Gasteiger partial charge in [0.25, 0.3) is 5.91 Å². The normalized spacial score (nSPS) is 15.1. The third kappa shape index (κ3) is 5.49. The van der Waals surface area contributed by atoms with Crippen molar-refractivity contribution in [3.63, 3.8) is 0 Å². The molecule has 0 atom stereocenters. The first-order valence-electron chi connectivity index (χ1n) is 11.7. The number of amides is 1. The van der Waals surface area contributed by atoms with Crippen LogP contribution >= 0.6 is 0 Å². The Morgan fingerprint density at radius 1 is 1.09 bits per heavy atom. The van der Waals surface area contributed by atoms with Gasteiger partial charge in [-0.2, -0.15) is 0 Å². The number of imidazole rings is 1. The molecule has 0 aliphatic carbocycles. The number of hydrogen-bond acceptors (Lipinski definition) is 4. The fourth-order valence-electron chi connectivity index (χ4n) is 4.46. The molecular formula is C26H34N4O2. The highest BCUT2D eigenvalue weighted by Gasteiger charge is 2.18. The molecule has 0 radical (unpaired) electrons. The van der Waals surface area contributed by atoms with E-state index in [4.69, 9.17) is 9.72 Å². The Bertz CT molecular complexity index is 1060. The number of aromatic nitrogens is 2. The molecule has 1 aliphatic heterocycles. The molecular weight excluding hydrogens is 400 g/mol. The molecule has 6 nitrogen and oxygen atoms in total. The van der Waals surface area contributed by atoms with Crippen LogP contribution in [0, 0.1) is 6.92 Å². The molecule has 0 saturated carbocycles. The molecule has 1 fully saturated rings. The fraction of sp³-hybridized carbons (Fsp3) is 0.462. The fourth-order valence-corrected chi connectivity index (χ4v) is 4.46. The zero-order chi connectivity index (χ0) is 22.5. The van der Waals surface area contributed by atoms with Gasteiger partial charge in [0.05, 0.1) is 17.6 Å². The van der Waals surface area contributed by atoms with Crippen molar-refractivity contribution in [2.24, 2.45) is 0 Å². The Balaban J connectivity index is 1.47. The maximum Gasteiger partial charge on any atom is 0.262 e. The van der Waals surface area contributed by atoms with Crippen molar-refractivity contribution < 1.29 is 9.53 Å². The monoisotopic (exact) mass is 434 g/mol. The number of likely N-dealkylation sites (tertiary alicyclic amines) is 1. The summed E-state index contributed by atoms with van der Waals surface area (Å²) >= 11 is 0. The second kappa shape index (κ2) is 10.2. The lowest BCUT2D eigenvalue weighted by Crippen LogP contribution is -2.26. The van der Waals surface area contributed by atoms with E-state index in [2.05, 4.69) is 34.7 Å². The van der Waals surface area contributed by atoms with Crippen LogP contribution in [-0.2, 0) is 11.3 Å². The van der Waals surface area contributed by atoms with Gasteiger partial charge < -0.3 is 14.6 Å². The lowest BCUT2D eigenvalue weighted by molar-refractivity contribution is -0.118. The molecule has 170 valence electrons. The summed E-state index contributed by atoms with van der Waals surface area (Å²) in [6.07, 6.45) is 5.19. The number of carbonyl (C=O) groups is 1. The zero-order valence-corrected chi connectivity index (χ0v) is 19.4. The lowest BCUT2D eigenvalue weighted by Gasteiger charge is -2.21. The highest BCUT2D eigenvalue weighted by molar-refractivity contribution is 5.94. The van der Waals surface area contributed by atoms with Gasteiger partial charge in [-0.05, 0) is 82.6 Å². The average molecular weight is 435 g/mol. The van der Waals surface area contributed by atoms with Gasteiger partial charge in [-0.3, -0.25) is 9.69 Å². The Hall–Kier alpha value is -2.86. The number of nitrogens with one attached hydrogen (secondary N) is 1. The molecule has 1 aromatic heterocycles. The average Bonchev–Trinajstić information content (AvgIpc) is 2.91. The molecule has 2 aromatic carbocycles. The molecule has 32 heavy (non-hydrogen) atoms. The van der Waals surface area contributed by atoms with Gasteiger partial charge in [0.15, 0.2) is 6.61 Å². The van der Waals surface area contributed by atoms with Gasteiger partial charge in [-0.1, -0.05) is 25.0 Å². The summed E-state index contributed by atoms with van der Waals surface area (Å²) in [7, 11) is 0. The van der Waals surface area contributed by atoms with E-state index in [1.165, 1.54) is 25.7 Å². The molecule has 0 spiro atoms. The van der Waals surface area contributed by atoms with Crippen molar-refractivity contribution in [1.29, 1.82) is 0 Å². The van der Waals surface area contributed by atoms with Crippen LogP contribution in [0.2, 0.25) is 0 Å². The number of ether oxygens (including phenoxy) is 1. The summed E-state index contributed by atoms with van der Waals surface area (Å²) in [6, 6.07) is 14.0. The third-order valence-electron chi connectivity index (χ3n) is 5.99. The topological polar surface area (TPSA) is 59.4 Å². The van der Waals surface area contributed by atoms with Crippen molar-refractivity contribution in [1.82, 2.24) is 14.5 Å². The minimum Gasteiger partial charge on any atom is -0.484 e. The quantitative estimate of drug-likeness (QED) is 0.547. The summed E-state index contributed by atoms with van der Waals surface area (Å²) in [5.74, 6) is 1.62. The van der Waals surface area contributed by atoms with Crippen LogP contribution in [0.3, 0.4) is 0 Å². The van der Waals surface area contributed by atoms with Gasteiger partial charge in [0.2, 0.25) is 0 Å². The van der Waals surface area contributed by atoms with E-state index >= 15 is 0 Å². The summed E-state index contributed by atoms with van der Waals surface area (Å²) in [5, 5.41) is 2.94. The highest BCUT2D eigenvalue weighted by Crippen LogP contribution is 2.25. The summed E-state index contributed by atoms with van der Waals surface area (Å²) in [6.45, 7) is 9.53. The maximum absolute atomic E-state index is 12.4. The minimum absolute atomic E-state index is 0.0257. The Morgan fingerprint density at radius 3 is 2.59 bits per heavy atom. The first-order valence-corrected chi connectivity index (χ1v) is 11.7. The molecule has 4 rings (SSSR count). The smallest absolute Gasteiger partial charge is 0.262 e. The van der Waals surface area contributed by atoms with Crippen LogP contribution in [-0.4, -0.2) is 40.1 Å². The first-order chi connectivity index (χ1) is 15.5. The molecule has 6 heteroatoms. The second-order valence-corrected chi connectivity index (χ2v) is 9.04. The second-order valence-electron chi connectivity index (χ2n) is 9.04. The van der Waals surface area contributed by atoms with Gasteiger partial charge in [0, 0.05) is 11.7 Å². The molecule has 1 saturated heterocycles. The number of anilines is 1. The summed E-state index contributed by atoms with van der Waals surface area (Å²) in [5.41, 5.74) is 3.87. The van der Waals surface area contributed by atoms with Gasteiger partial charge in [-0.15, -0.1) is 0 Å². The first kappa shape index (κ1) is 22.3. The zero-order valence-electron chi connectivity index (χ0n) is 19.4. The van der Waals surface area contributed by atoms with Crippen molar-refractivity contribution in [3.8, 4) is 5.75 Å².